The summed E-state index contributed by atoms with van der Waals surface area (Å²) in [7, 11) is 1.91. The number of carboxylic acid groups (broad SMARTS) is 1. The average Bonchev–Trinajstić information content (AvgIpc) is 2.81. The molecule has 1 heterocycles. The van der Waals surface area contributed by atoms with Crippen LogP contribution in [-0.4, -0.2) is 21.6 Å². The monoisotopic (exact) mass is 262 g/mol. The van der Waals surface area contributed by atoms with Gasteiger partial charge in [0.25, 0.3) is 0 Å². The Balaban J connectivity index is 1.97. The number of carboxylic acids is 1. The zero-order valence-corrected chi connectivity index (χ0v) is 10.9. The van der Waals surface area contributed by atoms with Crippen molar-refractivity contribution in [1.82, 2.24) is 9.88 Å². The Labute approximate surface area is 111 Å². The van der Waals surface area contributed by atoms with Gasteiger partial charge in [0, 0.05) is 18.9 Å². The number of aromatic nitrogens is 1. The lowest BCUT2D eigenvalue weighted by atomic mass is 9.82. The van der Waals surface area contributed by atoms with E-state index in [1.807, 2.05) is 42.1 Å². The van der Waals surface area contributed by atoms with Crippen LogP contribution >= 0.6 is 0 Å². The van der Waals surface area contributed by atoms with Crippen molar-refractivity contribution in [2.75, 3.05) is 0 Å². The van der Waals surface area contributed by atoms with E-state index in [-0.39, 0.29) is 5.91 Å². The van der Waals surface area contributed by atoms with Crippen molar-refractivity contribution < 1.29 is 14.7 Å². The van der Waals surface area contributed by atoms with Crippen LogP contribution in [0.2, 0.25) is 0 Å². The van der Waals surface area contributed by atoms with Crippen molar-refractivity contribution in [3.63, 3.8) is 0 Å². The van der Waals surface area contributed by atoms with Crippen molar-refractivity contribution >= 4 is 11.9 Å². The van der Waals surface area contributed by atoms with Crippen LogP contribution < -0.4 is 5.32 Å². The van der Waals surface area contributed by atoms with Gasteiger partial charge in [0.15, 0.2) is 0 Å². The molecule has 0 radical (unpaired) electrons. The molecule has 102 valence electrons. The highest BCUT2D eigenvalue weighted by atomic mass is 16.4. The fraction of sp³-hybridized carbons (Fsp3) is 0.429. The normalized spacial score (nSPS) is 22.2. The minimum absolute atomic E-state index is 0.182. The van der Waals surface area contributed by atoms with E-state index < -0.39 is 17.8 Å². The van der Waals surface area contributed by atoms with Gasteiger partial charge in [-0.15, -0.1) is 0 Å². The fourth-order valence-electron chi connectivity index (χ4n) is 2.37. The molecule has 5 heteroatoms. The van der Waals surface area contributed by atoms with E-state index in [9.17, 15) is 9.59 Å². The van der Waals surface area contributed by atoms with E-state index in [4.69, 9.17) is 5.11 Å². The minimum atomic E-state index is -0.900. The Hall–Kier alpha value is -2.04. The van der Waals surface area contributed by atoms with E-state index in [0.717, 1.165) is 5.69 Å². The fourth-order valence-corrected chi connectivity index (χ4v) is 2.37. The standard InChI is InChI=1S/C14H18N2O3/c1-16-8-4-5-10(16)9-15-13(17)11-6-2-3-7-12(11)14(18)19/h2-5,8,11-12H,6-7,9H2,1H3,(H,15,17)(H,18,19)/t11-,12+/m1/s1. The van der Waals surface area contributed by atoms with Crippen LogP contribution in [0.25, 0.3) is 0 Å². The largest absolute Gasteiger partial charge is 0.481 e. The van der Waals surface area contributed by atoms with Gasteiger partial charge in [-0.25, -0.2) is 0 Å². The summed E-state index contributed by atoms with van der Waals surface area (Å²) in [5, 5.41) is 12.0. The van der Waals surface area contributed by atoms with E-state index in [1.54, 1.807) is 0 Å². The molecule has 0 bridgehead atoms. The lowest BCUT2D eigenvalue weighted by Gasteiger charge is -2.24. The highest BCUT2D eigenvalue weighted by molar-refractivity contribution is 5.85. The van der Waals surface area contributed by atoms with E-state index in [2.05, 4.69) is 5.32 Å². The molecule has 0 fully saturated rings. The summed E-state index contributed by atoms with van der Waals surface area (Å²) >= 11 is 0. The lowest BCUT2D eigenvalue weighted by molar-refractivity contribution is -0.147. The van der Waals surface area contributed by atoms with Crippen LogP contribution in [0, 0.1) is 11.8 Å². The van der Waals surface area contributed by atoms with Crippen LogP contribution in [0.3, 0.4) is 0 Å². The van der Waals surface area contributed by atoms with Crippen LogP contribution in [0.15, 0.2) is 30.5 Å². The molecule has 0 unspecified atom stereocenters. The number of aliphatic carboxylic acids is 1. The second kappa shape index (κ2) is 5.73. The van der Waals surface area contributed by atoms with Crippen LogP contribution in [-0.2, 0) is 23.2 Å². The first kappa shape index (κ1) is 13.4. The molecule has 0 aliphatic heterocycles. The molecule has 1 aliphatic carbocycles. The topological polar surface area (TPSA) is 71.3 Å². The summed E-state index contributed by atoms with van der Waals surface area (Å²) in [4.78, 5) is 23.2. The molecule has 1 aromatic heterocycles. The number of allylic oxidation sites excluding steroid dienone is 2. The van der Waals surface area contributed by atoms with Crippen LogP contribution in [0.4, 0.5) is 0 Å². The summed E-state index contributed by atoms with van der Waals surface area (Å²) in [5.41, 5.74) is 0.992. The predicted octanol–water partition coefficient (Wildman–Crippen LogP) is 1.31. The van der Waals surface area contributed by atoms with Gasteiger partial charge < -0.3 is 15.0 Å². The Morgan fingerprint density at radius 3 is 2.63 bits per heavy atom. The molecule has 2 atom stereocenters. The van der Waals surface area contributed by atoms with E-state index >= 15 is 0 Å². The third-order valence-corrected chi connectivity index (χ3v) is 3.58. The second-order valence-corrected chi connectivity index (χ2v) is 4.82. The SMILES string of the molecule is Cn1cccc1CNC(=O)[C@@H]1CC=CC[C@@H]1C(=O)O. The lowest BCUT2D eigenvalue weighted by Crippen LogP contribution is -2.38. The summed E-state index contributed by atoms with van der Waals surface area (Å²) in [5.74, 6) is -2.16. The van der Waals surface area contributed by atoms with Gasteiger partial charge in [-0.05, 0) is 25.0 Å². The van der Waals surface area contributed by atoms with Crippen molar-refractivity contribution in [3.05, 3.63) is 36.2 Å². The molecule has 1 amide bonds. The summed E-state index contributed by atoms with van der Waals surface area (Å²) in [6.45, 7) is 0.425. The molecule has 0 saturated heterocycles. The molecule has 2 N–H and O–H groups in total. The number of amides is 1. The van der Waals surface area contributed by atoms with E-state index in [1.165, 1.54) is 0 Å². The quantitative estimate of drug-likeness (QED) is 0.804. The summed E-state index contributed by atoms with van der Waals surface area (Å²) in [6, 6.07) is 3.83. The number of carbonyl (C=O) groups is 2. The van der Waals surface area contributed by atoms with Gasteiger partial charge in [0.2, 0.25) is 5.91 Å². The van der Waals surface area contributed by atoms with Crippen molar-refractivity contribution in [3.8, 4) is 0 Å². The molecule has 0 spiro atoms. The number of nitrogens with one attached hydrogen (secondary N) is 1. The number of rotatable bonds is 4. The zero-order valence-electron chi connectivity index (χ0n) is 10.9. The van der Waals surface area contributed by atoms with Gasteiger partial charge in [-0.3, -0.25) is 9.59 Å². The summed E-state index contributed by atoms with van der Waals surface area (Å²) in [6.07, 6.45) is 6.55. The third kappa shape index (κ3) is 3.05. The molecular weight excluding hydrogens is 244 g/mol. The first-order chi connectivity index (χ1) is 9.09. The van der Waals surface area contributed by atoms with Gasteiger partial charge >= 0.3 is 5.97 Å². The molecule has 2 rings (SSSR count). The van der Waals surface area contributed by atoms with Gasteiger partial charge in [0.05, 0.1) is 18.4 Å². The summed E-state index contributed by atoms with van der Waals surface area (Å²) < 4.78 is 1.93. The maximum atomic E-state index is 12.1. The Morgan fingerprint density at radius 2 is 2.05 bits per heavy atom. The molecule has 1 aromatic rings. The molecule has 5 nitrogen and oxygen atoms in total. The number of carbonyl (C=O) groups excluding carboxylic acids is 1. The highest BCUT2D eigenvalue weighted by Crippen LogP contribution is 2.26. The molecule has 0 saturated carbocycles. The van der Waals surface area contributed by atoms with Crippen LogP contribution in [0.5, 0.6) is 0 Å². The number of hydrogen-bond donors (Lipinski definition) is 2. The highest BCUT2D eigenvalue weighted by Gasteiger charge is 2.33. The average molecular weight is 262 g/mol. The number of nitrogens with zero attached hydrogens (tertiary/aromatic N) is 1. The minimum Gasteiger partial charge on any atom is -0.481 e. The molecule has 1 aliphatic rings. The Kier molecular flexibility index (Phi) is 4.04. The second-order valence-electron chi connectivity index (χ2n) is 4.82. The van der Waals surface area contributed by atoms with Gasteiger partial charge in [0.1, 0.15) is 0 Å². The molecule has 19 heavy (non-hydrogen) atoms. The van der Waals surface area contributed by atoms with Crippen LogP contribution in [0.1, 0.15) is 18.5 Å². The molecular formula is C14H18N2O3. The van der Waals surface area contributed by atoms with Gasteiger partial charge in [-0.1, -0.05) is 12.2 Å². The first-order valence-corrected chi connectivity index (χ1v) is 6.35. The van der Waals surface area contributed by atoms with Crippen molar-refractivity contribution in [1.29, 1.82) is 0 Å². The maximum Gasteiger partial charge on any atom is 0.307 e. The third-order valence-electron chi connectivity index (χ3n) is 3.58. The van der Waals surface area contributed by atoms with Gasteiger partial charge in [-0.2, -0.15) is 0 Å². The maximum absolute atomic E-state index is 12.1. The molecule has 0 aromatic carbocycles. The number of aryl methyl sites for hydroxylation is 1. The Bertz CT molecular complexity index is 505. The smallest absolute Gasteiger partial charge is 0.307 e. The van der Waals surface area contributed by atoms with Crippen molar-refractivity contribution in [2.24, 2.45) is 18.9 Å². The predicted molar refractivity (Wildman–Crippen MR) is 70.2 cm³/mol. The zero-order chi connectivity index (χ0) is 13.8. The van der Waals surface area contributed by atoms with E-state index in [0.29, 0.717) is 19.4 Å². The van der Waals surface area contributed by atoms with Crippen molar-refractivity contribution in [2.45, 2.75) is 19.4 Å². The number of hydrogen-bond acceptors (Lipinski definition) is 2. The first-order valence-electron chi connectivity index (χ1n) is 6.35. The Morgan fingerprint density at radius 1 is 1.37 bits per heavy atom.